The summed E-state index contributed by atoms with van der Waals surface area (Å²) in [6, 6.07) is 4.60. The van der Waals surface area contributed by atoms with E-state index in [2.05, 4.69) is 5.32 Å². The van der Waals surface area contributed by atoms with E-state index in [1.54, 1.807) is 11.0 Å². The monoisotopic (exact) mass is 279 g/mol. The average Bonchev–Trinajstić information content (AvgIpc) is 2.46. The highest BCUT2D eigenvalue weighted by molar-refractivity contribution is 5.96. The lowest BCUT2D eigenvalue weighted by Crippen LogP contribution is -2.41. The molecule has 2 N–H and O–H groups in total. The second-order valence-electron chi connectivity index (χ2n) is 4.62. The largest absolute Gasteiger partial charge is 0.395 e. The van der Waals surface area contributed by atoms with Gasteiger partial charge in [-0.15, -0.1) is 0 Å². The zero-order chi connectivity index (χ0) is 14.5. The summed E-state index contributed by atoms with van der Waals surface area (Å²) in [5, 5.41) is 22.3. The Labute approximate surface area is 116 Å². The second kappa shape index (κ2) is 6.44. The molecule has 1 aromatic rings. The molecule has 0 saturated carbocycles. The lowest BCUT2D eigenvalue weighted by molar-refractivity contribution is -0.384. The first kappa shape index (κ1) is 14.4. The standard InChI is InChI=1S/C13H17N3O4/c17-7-5-14-9-13(18)15-6-1-2-10-8-11(16(19)20)3-4-12(10)15/h3-4,8,14,17H,1-2,5-7,9H2. The molecule has 7 nitrogen and oxygen atoms in total. The number of nitrogens with one attached hydrogen (secondary N) is 1. The number of rotatable bonds is 5. The summed E-state index contributed by atoms with van der Waals surface area (Å²) in [4.78, 5) is 24.1. The minimum absolute atomic E-state index is 0.0178. The maximum atomic E-state index is 12.1. The molecule has 108 valence electrons. The predicted octanol–water partition coefficient (Wildman–Crippen LogP) is 0.456. The summed E-state index contributed by atoms with van der Waals surface area (Å²) < 4.78 is 0. The Balaban J connectivity index is 2.15. The number of carbonyl (C=O) groups is 1. The SMILES string of the molecule is O=C(CNCCO)N1CCCc2cc([N+](=O)[O-])ccc21. The van der Waals surface area contributed by atoms with Crippen molar-refractivity contribution in [2.24, 2.45) is 0 Å². The van der Waals surface area contributed by atoms with E-state index in [-0.39, 0.29) is 24.7 Å². The number of fused-ring (bicyclic) bond motifs is 1. The topological polar surface area (TPSA) is 95.7 Å². The number of benzene rings is 1. The summed E-state index contributed by atoms with van der Waals surface area (Å²) in [6.07, 6.45) is 1.53. The lowest BCUT2D eigenvalue weighted by Gasteiger charge is -2.29. The minimum atomic E-state index is -0.427. The van der Waals surface area contributed by atoms with Gasteiger partial charge in [-0.3, -0.25) is 14.9 Å². The quantitative estimate of drug-likeness (QED) is 0.463. The number of nitro benzene ring substituents is 1. The highest BCUT2D eigenvalue weighted by atomic mass is 16.6. The molecule has 0 aliphatic carbocycles. The third kappa shape index (κ3) is 3.12. The van der Waals surface area contributed by atoms with E-state index >= 15 is 0 Å². The predicted molar refractivity (Wildman–Crippen MR) is 73.7 cm³/mol. The Bertz CT molecular complexity index is 518. The lowest BCUT2D eigenvalue weighted by atomic mass is 10.0. The van der Waals surface area contributed by atoms with Gasteiger partial charge in [-0.2, -0.15) is 0 Å². The van der Waals surface area contributed by atoms with E-state index in [0.717, 1.165) is 24.1 Å². The molecule has 0 bridgehead atoms. The number of aliphatic hydroxyl groups is 1. The van der Waals surface area contributed by atoms with E-state index in [9.17, 15) is 14.9 Å². The smallest absolute Gasteiger partial charge is 0.269 e. The van der Waals surface area contributed by atoms with Crippen molar-refractivity contribution in [1.82, 2.24) is 5.32 Å². The first-order valence-corrected chi connectivity index (χ1v) is 6.52. The van der Waals surface area contributed by atoms with Crippen molar-refractivity contribution in [3.8, 4) is 0 Å². The molecule has 0 spiro atoms. The van der Waals surface area contributed by atoms with Crippen molar-refractivity contribution in [2.45, 2.75) is 12.8 Å². The number of aryl methyl sites for hydroxylation is 1. The molecule has 20 heavy (non-hydrogen) atoms. The number of non-ortho nitro benzene ring substituents is 1. The molecular formula is C13H17N3O4. The van der Waals surface area contributed by atoms with Crippen LogP contribution >= 0.6 is 0 Å². The van der Waals surface area contributed by atoms with E-state index < -0.39 is 4.92 Å². The van der Waals surface area contributed by atoms with E-state index in [1.165, 1.54) is 12.1 Å². The molecule has 0 fully saturated rings. The first-order chi connectivity index (χ1) is 9.63. The van der Waals surface area contributed by atoms with Gasteiger partial charge in [-0.25, -0.2) is 0 Å². The van der Waals surface area contributed by atoms with Crippen LogP contribution in [0.1, 0.15) is 12.0 Å². The van der Waals surface area contributed by atoms with Gasteiger partial charge in [0.15, 0.2) is 0 Å². The summed E-state index contributed by atoms with van der Waals surface area (Å²) >= 11 is 0. The highest BCUT2D eigenvalue weighted by Gasteiger charge is 2.23. The normalized spacial score (nSPS) is 13.9. The van der Waals surface area contributed by atoms with Crippen molar-refractivity contribution in [3.63, 3.8) is 0 Å². The van der Waals surface area contributed by atoms with Crippen LogP contribution in [0.25, 0.3) is 0 Å². The molecule has 0 atom stereocenters. The van der Waals surface area contributed by atoms with Gasteiger partial charge < -0.3 is 15.3 Å². The van der Waals surface area contributed by atoms with Crippen LogP contribution in [0.4, 0.5) is 11.4 Å². The fourth-order valence-corrected chi connectivity index (χ4v) is 2.33. The summed E-state index contributed by atoms with van der Waals surface area (Å²) in [7, 11) is 0. The van der Waals surface area contributed by atoms with Gasteiger partial charge >= 0.3 is 0 Å². The minimum Gasteiger partial charge on any atom is -0.395 e. The van der Waals surface area contributed by atoms with Gasteiger partial charge in [0.25, 0.3) is 5.69 Å². The van der Waals surface area contributed by atoms with Gasteiger partial charge in [0, 0.05) is 30.9 Å². The maximum absolute atomic E-state index is 12.1. The first-order valence-electron chi connectivity index (χ1n) is 6.52. The van der Waals surface area contributed by atoms with Crippen molar-refractivity contribution < 1.29 is 14.8 Å². The van der Waals surface area contributed by atoms with Crippen LogP contribution in [-0.4, -0.2) is 42.2 Å². The summed E-state index contributed by atoms with van der Waals surface area (Å²) in [6.45, 7) is 1.12. The van der Waals surface area contributed by atoms with E-state index in [4.69, 9.17) is 5.11 Å². The van der Waals surface area contributed by atoms with Gasteiger partial charge in [0.2, 0.25) is 5.91 Å². The number of nitrogens with zero attached hydrogens (tertiary/aromatic N) is 2. The van der Waals surface area contributed by atoms with Crippen LogP contribution in [0, 0.1) is 10.1 Å². The zero-order valence-electron chi connectivity index (χ0n) is 11.0. The third-order valence-corrected chi connectivity index (χ3v) is 3.26. The maximum Gasteiger partial charge on any atom is 0.269 e. The Morgan fingerprint density at radius 2 is 2.30 bits per heavy atom. The van der Waals surface area contributed by atoms with Crippen molar-refractivity contribution in [2.75, 3.05) is 31.1 Å². The van der Waals surface area contributed by atoms with Crippen LogP contribution in [-0.2, 0) is 11.2 Å². The molecular weight excluding hydrogens is 262 g/mol. The molecule has 1 amide bonds. The third-order valence-electron chi connectivity index (χ3n) is 3.26. The van der Waals surface area contributed by atoms with Crippen LogP contribution in [0.2, 0.25) is 0 Å². The average molecular weight is 279 g/mol. The van der Waals surface area contributed by atoms with E-state index in [0.29, 0.717) is 13.1 Å². The number of nitro groups is 1. The van der Waals surface area contributed by atoms with Gasteiger partial charge in [-0.1, -0.05) is 0 Å². The molecule has 0 unspecified atom stereocenters. The van der Waals surface area contributed by atoms with Gasteiger partial charge in [-0.05, 0) is 24.5 Å². The molecule has 0 aromatic heterocycles. The number of anilines is 1. The molecule has 1 heterocycles. The number of hydrogen-bond acceptors (Lipinski definition) is 5. The Kier molecular flexibility index (Phi) is 4.65. The van der Waals surface area contributed by atoms with Gasteiger partial charge in [0.1, 0.15) is 0 Å². The number of amides is 1. The number of carbonyl (C=O) groups excluding carboxylic acids is 1. The Morgan fingerprint density at radius 1 is 1.50 bits per heavy atom. The van der Waals surface area contributed by atoms with Crippen molar-refractivity contribution in [3.05, 3.63) is 33.9 Å². The zero-order valence-corrected chi connectivity index (χ0v) is 11.0. The van der Waals surface area contributed by atoms with Crippen molar-refractivity contribution >= 4 is 17.3 Å². The number of aliphatic hydroxyl groups excluding tert-OH is 1. The molecule has 7 heteroatoms. The fourth-order valence-electron chi connectivity index (χ4n) is 2.33. The molecule has 1 aliphatic heterocycles. The van der Waals surface area contributed by atoms with Crippen LogP contribution in [0.15, 0.2) is 18.2 Å². The van der Waals surface area contributed by atoms with Crippen molar-refractivity contribution in [1.29, 1.82) is 0 Å². The molecule has 1 aromatic carbocycles. The number of hydrogen-bond donors (Lipinski definition) is 2. The molecule has 0 radical (unpaired) electrons. The Morgan fingerprint density at radius 3 is 3.00 bits per heavy atom. The van der Waals surface area contributed by atoms with Gasteiger partial charge in [0.05, 0.1) is 18.1 Å². The molecule has 1 aliphatic rings. The van der Waals surface area contributed by atoms with E-state index in [1.807, 2.05) is 0 Å². The van der Waals surface area contributed by atoms with Crippen LogP contribution < -0.4 is 10.2 Å². The highest BCUT2D eigenvalue weighted by Crippen LogP contribution is 2.30. The molecule has 0 saturated heterocycles. The molecule has 2 rings (SSSR count). The van der Waals surface area contributed by atoms with Crippen LogP contribution in [0.3, 0.4) is 0 Å². The van der Waals surface area contributed by atoms with Crippen LogP contribution in [0.5, 0.6) is 0 Å². The Hall–Kier alpha value is -1.99. The fraction of sp³-hybridized carbons (Fsp3) is 0.462. The summed E-state index contributed by atoms with van der Waals surface area (Å²) in [5.41, 5.74) is 1.63. The summed E-state index contributed by atoms with van der Waals surface area (Å²) in [5.74, 6) is -0.0896. The second-order valence-corrected chi connectivity index (χ2v) is 4.62.